The minimum Gasteiger partial charge on any atom is -0.476 e. The average Bonchev–Trinajstić information content (AvgIpc) is 3.12. The Morgan fingerprint density at radius 3 is 2.52 bits per heavy atom. The first-order chi connectivity index (χ1) is 11.9. The van der Waals surface area contributed by atoms with Crippen molar-refractivity contribution in [2.75, 3.05) is 13.1 Å². The molecule has 1 saturated heterocycles. The second kappa shape index (κ2) is 7.09. The fourth-order valence-electron chi connectivity index (χ4n) is 3.21. The van der Waals surface area contributed by atoms with Gasteiger partial charge in [0.1, 0.15) is 0 Å². The Morgan fingerprint density at radius 1 is 1.16 bits per heavy atom. The summed E-state index contributed by atoms with van der Waals surface area (Å²) in [5.74, 6) is -0.139. The molecule has 1 saturated carbocycles. The minimum absolute atomic E-state index is 0.0642. The van der Waals surface area contributed by atoms with Gasteiger partial charge in [-0.1, -0.05) is 0 Å². The quantitative estimate of drug-likeness (QED) is 0.583. The highest BCUT2D eigenvalue weighted by Crippen LogP contribution is 2.33. The predicted octanol–water partition coefficient (Wildman–Crippen LogP) is 2.27. The zero-order valence-corrected chi connectivity index (χ0v) is 14.5. The van der Waals surface area contributed by atoms with Crippen molar-refractivity contribution < 1.29 is 22.9 Å². The molecular weight excluding hydrogens is 348 g/mol. The molecule has 1 atom stereocenters. The van der Waals surface area contributed by atoms with Gasteiger partial charge in [-0.05, 0) is 44.2 Å². The number of Topliss-reactive ketones (excluding diaryl/α,β-unsaturated/α-hetero) is 1. The van der Waals surface area contributed by atoms with Crippen molar-refractivity contribution in [2.24, 2.45) is 0 Å². The van der Waals surface area contributed by atoms with E-state index >= 15 is 0 Å². The zero-order chi connectivity index (χ0) is 18.0. The van der Waals surface area contributed by atoms with E-state index in [4.69, 9.17) is 4.74 Å². The molecule has 1 aliphatic carbocycles. The lowest BCUT2D eigenvalue weighted by Crippen LogP contribution is -2.30. The van der Waals surface area contributed by atoms with Crippen molar-refractivity contribution in [2.45, 2.75) is 49.5 Å². The van der Waals surface area contributed by atoms with Gasteiger partial charge < -0.3 is 4.74 Å². The standard InChI is InChI=1S/C16H20N2O6S/c19-14-5-1-2-6-16(14)24-15-8-7-12(11-13(15)18(20)21)25(22,23)17-9-3-4-10-17/h7-8,11,16H,1-6,9-10H2/t16-/m0/s1. The Labute approximate surface area is 146 Å². The lowest BCUT2D eigenvalue weighted by molar-refractivity contribution is -0.386. The van der Waals surface area contributed by atoms with Crippen LogP contribution < -0.4 is 4.74 Å². The molecule has 0 bridgehead atoms. The monoisotopic (exact) mass is 368 g/mol. The molecule has 9 heteroatoms. The zero-order valence-electron chi connectivity index (χ0n) is 13.7. The first-order valence-corrected chi connectivity index (χ1v) is 9.81. The van der Waals surface area contributed by atoms with Gasteiger partial charge in [-0.2, -0.15) is 4.31 Å². The molecular formula is C16H20N2O6S. The van der Waals surface area contributed by atoms with Crippen molar-refractivity contribution in [1.82, 2.24) is 4.31 Å². The third-order valence-electron chi connectivity index (χ3n) is 4.60. The molecule has 3 rings (SSSR count). The Bertz CT molecular complexity index is 786. The molecule has 25 heavy (non-hydrogen) atoms. The average molecular weight is 368 g/mol. The van der Waals surface area contributed by atoms with E-state index in [9.17, 15) is 23.3 Å². The number of sulfonamides is 1. The molecule has 0 spiro atoms. The Balaban J connectivity index is 1.90. The maximum Gasteiger partial charge on any atom is 0.312 e. The molecule has 1 heterocycles. The summed E-state index contributed by atoms with van der Waals surface area (Å²) in [6.45, 7) is 0.843. The molecule has 2 aliphatic rings. The second-order valence-corrected chi connectivity index (χ2v) is 8.25. The van der Waals surface area contributed by atoms with Gasteiger partial charge in [0, 0.05) is 25.6 Å². The van der Waals surface area contributed by atoms with Gasteiger partial charge in [0.15, 0.2) is 17.6 Å². The number of hydrogen-bond donors (Lipinski definition) is 0. The predicted molar refractivity (Wildman–Crippen MR) is 89.0 cm³/mol. The van der Waals surface area contributed by atoms with Crippen LogP contribution in [0.15, 0.2) is 23.1 Å². The number of hydrogen-bond acceptors (Lipinski definition) is 6. The van der Waals surface area contributed by atoms with Crippen LogP contribution in [0.3, 0.4) is 0 Å². The fraction of sp³-hybridized carbons (Fsp3) is 0.562. The number of benzene rings is 1. The lowest BCUT2D eigenvalue weighted by atomic mass is 9.96. The van der Waals surface area contributed by atoms with Crippen LogP contribution in [0.25, 0.3) is 0 Å². The van der Waals surface area contributed by atoms with Crippen LogP contribution in [0.5, 0.6) is 5.75 Å². The third kappa shape index (κ3) is 3.67. The molecule has 0 aromatic heterocycles. The topological polar surface area (TPSA) is 107 Å². The summed E-state index contributed by atoms with van der Waals surface area (Å²) in [5.41, 5.74) is -0.432. The highest BCUT2D eigenvalue weighted by molar-refractivity contribution is 7.89. The largest absolute Gasteiger partial charge is 0.476 e. The summed E-state index contributed by atoms with van der Waals surface area (Å²) in [6.07, 6.45) is 3.41. The number of carbonyl (C=O) groups is 1. The van der Waals surface area contributed by atoms with Crippen LogP contribution in [0.1, 0.15) is 38.5 Å². The summed E-state index contributed by atoms with van der Waals surface area (Å²) in [5, 5.41) is 11.4. The van der Waals surface area contributed by atoms with E-state index in [1.807, 2.05) is 0 Å². The highest BCUT2D eigenvalue weighted by Gasteiger charge is 2.31. The number of ether oxygens (including phenoxy) is 1. The smallest absolute Gasteiger partial charge is 0.312 e. The van der Waals surface area contributed by atoms with Crippen LogP contribution in [0, 0.1) is 10.1 Å². The van der Waals surface area contributed by atoms with Gasteiger partial charge in [0.05, 0.1) is 9.82 Å². The van der Waals surface area contributed by atoms with Crippen molar-refractivity contribution in [3.63, 3.8) is 0 Å². The van der Waals surface area contributed by atoms with E-state index in [-0.39, 0.29) is 16.4 Å². The van der Waals surface area contributed by atoms with Gasteiger partial charge >= 0.3 is 5.69 Å². The van der Waals surface area contributed by atoms with E-state index in [2.05, 4.69) is 0 Å². The molecule has 2 fully saturated rings. The van der Waals surface area contributed by atoms with Gasteiger partial charge in [-0.25, -0.2) is 8.42 Å². The van der Waals surface area contributed by atoms with Crippen LogP contribution in [-0.2, 0) is 14.8 Å². The van der Waals surface area contributed by atoms with E-state index in [0.29, 0.717) is 25.9 Å². The van der Waals surface area contributed by atoms with Gasteiger partial charge in [0.2, 0.25) is 10.0 Å². The number of rotatable bonds is 5. The van der Waals surface area contributed by atoms with E-state index < -0.39 is 26.7 Å². The van der Waals surface area contributed by atoms with E-state index in [1.165, 1.54) is 16.4 Å². The van der Waals surface area contributed by atoms with Gasteiger partial charge in [-0.3, -0.25) is 14.9 Å². The van der Waals surface area contributed by atoms with Crippen LogP contribution in [0.4, 0.5) is 5.69 Å². The van der Waals surface area contributed by atoms with Crippen molar-refractivity contribution >= 4 is 21.5 Å². The first-order valence-electron chi connectivity index (χ1n) is 8.37. The third-order valence-corrected chi connectivity index (χ3v) is 6.49. The number of nitro benzene ring substituents is 1. The summed E-state index contributed by atoms with van der Waals surface area (Å²) < 4.78 is 32.0. The summed E-state index contributed by atoms with van der Waals surface area (Å²) in [4.78, 5) is 22.5. The molecule has 0 N–H and O–H groups in total. The maximum absolute atomic E-state index is 12.6. The summed E-state index contributed by atoms with van der Waals surface area (Å²) in [7, 11) is -3.75. The summed E-state index contributed by atoms with van der Waals surface area (Å²) >= 11 is 0. The first kappa shape index (κ1) is 17.8. The molecule has 0 radical (unpaired) electrons. The maximum atomic E-state index is 12.6. The molecule has 0 unspecified atom stereocenters. The highest BCUT2D eigenvalue weighted by atomic mass is 32.2. The summed E-state index contributed by atoms with van der Waals surface area (Å²) in [6, 6.07) is 3.61. The van der Waals surface area contributed by atoms with Gasteiger partial charge in [-0.15, -0.1) is 0 Å². The Morgan fingerprint density at radius 2 is 1.88 bits per heavy atom. The molecule has 0 amide bonds. The molecule has 8 nitrogen and oxygen atoms in total. The van der Waals surface area contributed by atoms with Crippen LogP contribution in [0.2, 0.25) is 0 Å². The van der Waals surface area contributed by atoms with E-state index in [1.54, 1.807) is 0 Å². The number of nitrogens with zero attached hydrogens (tertiary/aromatic N) is 2. The molecule has 1 aliphatic heterocycles. The lowest BCUT2D eigenvalue weighted by Gasteiger charge is -2.22. The normalized spacial score (nSPS) is 22.1. The Hall–Kier alpha value is -2.00. The van der Waals surface area contributed by atoms with Crippen LogP contribution in [-0.4, -0.2) is 42.6 Å². The molecule has 1 aromatic carbocycles. The molecule has 136 valence electrons. The number of carbonyl (C=O) groups excluding carboxylic acids is 1. The molecule has 1 aromatic rings. The fourth-order valence-corrected chi connectivity index (χ4v) is 4.74. The Kier molecular flexibility index (Phi) is 5.05. The van der Waals surface area contributed by atoms with Crippen LogP contribution >= 0.6 is 0 Å². The SMILES string of the molecule is O=C1CCCC[C@@H]1Oc1ccc(S(=O)(=O)N2CCCC2)cc1[N+](=O)[O-]. The van der Waals surface area contributed by atoms with Crippen molar-refractivity contribution in [1.29, 1.82) is 0 Å². The van der Waals surface area contributed by atoms with Crippen molar-refractivity contribution in [3.05, 3.63) is 28.3 Å². The number of nitro groups is 1. The second-order valence-electron chi connectivity index (χ2n) is 6.32. The number of ketones is 1. The van der Waals surface area contributed by atoms with E-state index in [0.717, 1.165) is 31.7 Å². The van der Waals surface area contributed by atoms with Gasteiger partial charge in [0.25, 0.3) is 0 Å². The minimum atomic E-state index is -3.75. The van der Waals surface area contributed by atoms with Crippen molar-refractivity contribution in [3.8, 4) is 5.75 Å².